The monoisotopic (exact) mass is 379 g/mol. The van der Waals surface area contributed by atoms with Crippen molar-refractivity contribution in [3.05, 3.63) is 83.4 Å². The number of methoxy groups -OCH3 is 1. The van der Waals surface area contributed by atoms with Gasteiger partial charge in [0.1, 0.15) is 23.0 Å². The van der Waals surface area contributed by atoms with Crippen LogP contribution in [0.1, 0.15) is 26.5 Å². The van der Waals surface area contributed by atoms with Crippen molar-refractivity contribution in [3.63, 3.8) is 0 Å². The Bertz CT molecular complexity index is 1040. The van der Waals surface area contributed by atoms with E-state index in [0.717, 1.165) is 5.56 Å². The molecule has 0 radical (unpaired) electrons. The summed E-state index contributed by atoms with van der Waals surface area (Å²) in [5.74, 6) is -1.17. The van der Waals surface area contributed by atoms with Crippen LogP contribution in [-0.4, -0.2) is 23.9 Å². The summed E-state index contributed by atoms with van der Waals surface area (Å²) in [6.07, 6.45) is 0. The fraction of sp³-hybridized carbons (Fsp3) is 0.0952. The van der Waals surface area contributed by atoms with Gasteiger partial charge in [0, 0.05) is 0 Å². The van der Waals surface area contributed by atoms with Crippen LogP contribution in [-0.2, 0) is 0 Å². The Morgan fingerprint density at radius 3 is 2.18 bits per heavy atom. The molecule has 1 aromatic heterocycles. The van der Waals surface area contributed by atoms with E-state index in [-0.39, 0.29) is 17.1 Å². The van der Waals surface area contributed by atoms with E-state index in [1.54, 1.807) is 18.2 Å². The van der Waals surface area contributed by atoms with Gasteiger partial charge < -0.3 is 15.4 Å². The maximum Gasteiger partial charge on any atom is 0.274 e. The van der Waals surface area contributed by atoms with E-state index in [0.29, 0.717) is 11.4 Å². The number of anilines is 2. The van der Waals surface area contributed by atoms with Crippen LogP contribution in [0.25, 0.3) is 0 Å². The van der Waals surface area contributed by atoms with Crippen LogP contribution in [0.3, 0.4) is 0 Å². The van der Waals surface area contributed by atoms with Gasteiger partial charge >= 0.3 is 0 Å². The lowest BCUT2D eigenvalue weighted by Gasteiger charge is -2.11. The smallest absolute Gasteiger partial charge is 0.274 e. The quantitative estimate of drug-likeness (QED) is 0.701. The number of ether oxygens (including phenoxy) is 1. The molecule has 0 saturated heterocycles. The number of nitrogens with one attached hydrogen (secondary N) is 2. The van der Waals surface area contributed by atoms with Crippen LogP contribution in [0.5, 0.6) is 5.75 Å². The Kier molecular flexibility index (Phi) is 5.64. The minimum absolute atomic E-state index is 0.00731. The molecule has 7 heteroatoms. The predicted molar refractivity (Wildman–Crippen MR) is 104 cm³/mol. The highest BCUT2D eigenvalue weighted by Gasteiger charge is 2.15. The van der Waals surface area contributed by atoms with Crippen molar-refractivity contribution < 1.29 is 18.7 Å². The third-order valence-electron chi connectivity index (χ3n) is 3.94. The van der Waals surface area contributed by atoms with Gasteiger partial charge in [0.05, 0.1) is 18.5 Å². The van der Waals surface area contributed by atoms with Gasteiger partial charge in [-0.2, -0.15) is 0 Å². The number of nitrogens with zero attached hydrogens (tertiary/aromatic N) is 1. The van der Waals surface area contributed by atoms with E-state index >= 15 is 0 Å². The van der Waals surface area contributed by atoms with Gasteiger partial charge in [0.25, 0.3) is 11.8 Å². The molecule has 3 aromatic rings. The summed E-state index contributed by atoms with van der Waals surface area (Å²) in [6, 6.07) is 15.6. The molecule has 1 heterocycles. The second kappa shape index (κ2) is 8.30. The number of aromatic nitrogens is 1. The van der Waals surface area contributed by atoms with Crippen LogP contribution < -0.4 is 15.4 Å². The Morgan fingerprint density at radius 2 is 1.54 bits per heavy atom. The number of pyridine rings is 1. The number of carbonyl (C=O) groups is 2. The van der Waals surface area contributed by atoms with Gasteiger partial charge in [-0.25, -0.2) is 9.37 Å². The fourth-order valence-corrected chi connectivity index (χ4v) is 2.54. The van der Waals surface area contributed by atoms with Crippen molar-refractivity contribution in [3.8, 4) is 5.75 Å². The molecule has 0 fully saturated rings. The summed E-state index contributed by atoms with van der Waals surface area (Å²) >= 11 is 0. The molecule has 0 atom stereocenters. The number of rotatable bonds is 5. The maximum absolute atomic E-state index is 13.7. The first-order chi connectivity index (χ1) is 13.5. The molecule has 28 heavy (non-hydrogen) atoms. The first-order valence-electron chi connectivity index (χ1n) is 8.47. The molecule has 2 aromatic carbocycles. The highest BCUT2D eigenvalue weighted by molar-refractivity contribution is 6.06. The second-order valence-corrected chi connectivity index (χ2v) is 6.00. The SMILES string of the molecule is COc1ccc(C)cc1NC(=O)c1cccc(C(=O)Nc2ccccc2F)n1. The number of amides is 2. The normalized spacial score (nSPS) is 10.2. The predicted octanol–water partition coefficient (Wildman–Crippen LogP) is 4.04. The first-order valence-corrected chi connectivity index (χ1v) is 8.47. The van der Waals surface area contributed by atoms with E-state index in [9.17, 15) is 14.0 Å². The maximum atomic E-state index is 13.7. The molecule has 2 amide bonds. The lowest BCUT2D eigenvalue weighted by Crippen LogP contribution is -2.19. The van der Waals surface area contributed by atoms with E-state index in [4.69, 9.17) is 4.74 Å². The minimum atomic E-state index is -0.618. The Morgan fingerprint density at radius 1 is 0.893 bits per heavy atom. The average Bonchev–Trinajstić information content (AvgIpc) is 2.70. The molecule has 0 aliphatic rings. The van der Waals surface area contributed by atoms with Gasteiger partial charge in [-0.15, -0.1) is 0 Å². The molecule has 6 nitrogen and oxygen atoms in total. The Hall–Kier alpha value is -3.74. The first kappa shape index (κ1) is 19.0. The van der Waals surface area contributed by atoms with Crippen LogP contribution in [0.15, 0.2) is 60.7 Å². The van der Waals surface area contributed by atoms with Crippen molar-refractivity contribution in [2.45, 2.75) is 6.92 Å². The molecular formula is C21H18FN3O3. The Balaban J connectivity index is 1.79. The van der Waals surface area contributed by atoms with Crippen molar-refractivity contribution >= 4 is 23.2 Å². The third-order valence-corrected chi connectivity index (χ3v) is 3.94. The van der Waals surface area contributed by atoms with Gasteiger partial charge in [-0.1, -0.05) is 24.3 Å². The molecular weight excluding hydrogens is 361 g/mol. The van der Waals surface area contributed by atoms with Crippen LogP contribution >= 0.6 is 0 Å². The number of hydrogen-bond acceptors (Lipinski definition) is 4. The molecule has 0 saturated carbocycles. The van der Waals surface area contributed by atoms with E-state index in [2.05, 4.69) is 15.6 Å². The summed E-state index contributed by atoms with van der Waals surface area (Å²) in [5, 5.41) is 5.17. The van der Waals surface area contributed by atoms with Crippen molar-refractivity contribution in [2.24, 2.45) is 0 Å². The van der Waals surface area contributed by atoms with Crippen LogP contribution in [0.2, 0.25) is 0 Å². The topological polar surface area (TPSA) is 80.3 Å². The van der Waals surface area contributed by atoms with E-state index < -0.39 is 17.6 Å². The molecule has 2 N–H and O–H groups in total. The molecule has 0 aliphatic heterocycles. The summed E-state index contributed by atoms with van der Waals surface area (Å²) in [6.45, 7) is 1.89. The largest absolute Gasteiger partial charge is 0.495 e. The standard InChI is InChI=1S/C21H18FN3O3/c1-13-10-11-19(28-2)18(12-13)25-21(27)17-9-5-8-16(23-17)20(26)24-15-7-4-3-6-14(15)22/h3-12H,1-2H3,(H,24,26)(H,25,27). The number of para-hydroxylation sites is 1. The van der Waals surface area contributed by atoms with Crippen molar-refractivity contribution in [1.82, 2.24) is 4.98 Å². The zero-order valence-electron chi connectivity index (χ0n) is 15.3. The molecule has 0 aliphatic carbocycles. The molecule has 0 bridgehead atoms. The lowest BCUT2D eigenvalue weighted by atomic mass is 10.2. The molecule has 142 valence electrons. The van der Waals surface area contributed by atoms with E-state index in [1.165, 1.54) is 43.5 Å². The number of carbonyl (C=O) groups excluding carboxylic acids is 2. The highest BCUT2D eigenvalue weighted by atomic mass is 19.1. The number of hydrogen-bond donors (Lipinski definition) is 2. The Labute approximate surface area is 161 Å². The summed E-state index contributed by atoms with van der Waals surface area (Å²) in [5.41, 5.74) is 1.52. The van der Waals surface area contributed by atoms with Crippen LogP contribution in [0, 0.1) is 12.7 Å². The third kappa shape index (κ3) is 4.32. The zero-order chi connectivity index (χ0) is 20.1. The van der Waals surface area contributed by atoms with Crippen LogP contribution in [0.4, 0.5) is 15.8 Å². The summed E-state index contributed by atoms with van der Waals surface area (Å²) in [4.78, 5) is 29.0. The molecule has 0 spiro atoms. The van der Waals surface area contributed by atoms with Gasteiger partial charge in [-0.05, 0) is 48.9 Å². The molecule has 3 rings (SSSR count). The van der Waals surface area contributed by atoms with Gasteiger partial charge in [0.15, 0.2) is 0 Å². The summed E-state index contributed by atoms with van der Waals surface area (Å²) < 4.78 is 19.0. The van der Waals surface area contributed by atoms with Gasteiger partial charge in [-0.3, -0.25) is 9.59 Å². The number of benzene rings is 2. The second-order valence-electron chi connectivity index (χ2n) is 6.00. The zero-order valence-corrected chi connectivity index (χ0v) is 15.3. The lowest BCUT2D eigenvalue weighted by molar-refractivity contribution is 0.101. The van der Waals surface area contributed by atoms with Gasteiger partial charge in [0.2, 0.25) is 0 Å². The highest BCUT2D eigenvalue weighted by Crippen LogP contribution is 2.25. The molecule has 0 unspecified atom stereocenters. The minimum Gasteiger partial charge on any atom is -0.495 e. The number of halogens is 1. The van der Waals surface area contributed by atoms with E-state index in [1.807, 2.05) is 13.0 Å². The average molecular weight is 379 g/mol. The van der Waals surface area contributed by atoms with Crippen molar-refractivity contribution in [2.75, 3.05) is 17.7 Å². The summed E-state index contributed by atoms with van der Waals surface area (Å²) in [7, 11) is 1.51. The van der Waals surface area contributed by atoms with Crippen molar-refractivity contribution in [1.29, 1.82) is 0 Å². The number of aryl methyl sites for hydroxylation is 1. The fourth-order valence-electron chi connectivity index (χ4n) is 2.54.